The van der Waals surface area contributed by atoms with Gasteiger partial charge in [0.25, 0.3) is 11.8 Å². The molecule has 1 aliphatic carbocycles. The zero-order chi connectivity index (χ0) is 23.7. The smallest absolute Gasteiger partial charge is 0.255 e. The van der Waals surface area contributed by atoms with Gasteiger partial charge in [0, 0.05) is 29.6 Å². The number of nitrogens with one attached hydrogen (secondary N) is 2. The number of rotatable bonds is 5. The fourth-order valence-electron chi connectivity index (χ4n) is 4.61. The lowest BCUT2D eigenvalue weighted by molar-refractivity contribution is 0.0935. The second kappa shape index (κ2) is 9.14. The van der Waals surface area contributed by atoms with Crippen LogP contribution in [-0.4, -0.2) is 24.9 Å². The largest absolute Gasteiger partial charge is 0.455 e. The third kappa shape index (κ3) is 4.19. The summed E-state index contributed by atoms with van der Waals surface area (Å²) >= 11 is 0. The molecule has 0 atom stereocenters. The molecule has 0 aliphatic heterocycles. The van der Waals surface area contributed by atoms with Crippen molar-refractivity contribution in [2.45, 2.75) is 31.7 Å². The Morgan fingerprint density at radius 2 is 1.59 bits per heavy atom. The molecule has 5 nitrogen and oxygen atoms in total. The van der Waals surface area contributed by atoms with Crippen LogP contribution in [0.2, 0.25) is 0 Å². The summed E-state index contributed by atoms with van der Waals surface area (Å²) in [5.41, 5.74) is 3.89. The van der Waals surface area contributed by atoms with E-state index in [2.05, 4.69) is 10.6 Å². The van der Waals surface area contributed by atoms with E-state index in [-0.39, 0.29) is 23.7 Å². The molecular weight excluding hydrogens is 431 g/mol. The summed E-state index contributed by atoms with van der Waals surface area (Å²) in [5.74, 6) is -0.334. The number of benzene rings is 3. The van der Waals surface area contributed by atoms with Gasteiger partial charge < -0.3 is 15.1 Å². The van der Waals surface area contributed by atoms with E-state index < -0.39 is 0 Å². The Morgan fingerprint density at radius 1 is 0.882 bits per heavy atom. The molecule has 172 valence electrons. The summed E-state index contributed by atoms with van der Waals surface area (Å²) in [6, 6.07) is 19.2. The maximum Gasteiger partial charge on any atom is 0.255 e. The lowest BCUT2D eigenvalue weighted by Gasteiger charge is -2.12. The molecule has 2 N–H and O–H groups in total. The van der Waals surface area contributed by atoms with Gasteiger partial charge in [-0.1, -0.05) is 31.0 Å². The van der Waals surface area contributed by atoms with E-state index in [0.29, 0.717) is 33.4 Å². The van der Waals surface area contributed by atoms with Crippen molar-refractivity contribution in [1.82, 2.24) is 10.6 Å². The molecule has 5 rings (SSSR count). The molecular formula is C28H25FN2O3. The Kier molecular flexibility index (Phi) is 5.88. The molecule has 0 radical (unpaired) electrons. The molecule has 1 saturated carbocycles. The van der Waals surface area contributed by atoms with Crippen LogP contribution in [-0.2, 0) is 0 Å². The molecule has 1 aromatic heterocycles. The first-order valence-corrected chi connectivity index (χ1v) is 11.5. The summed E-state index contributed by atoms with van der Waals surface area (Å²) < 4.78 is 19.5. The zero-order valence-electron chi connectivity index (χ0n) is 18.9. The van der Waals surface area contributed by atoms with E-state index in [1.165, 1.54) is 12.1 Å². The summed E-state index contributed by atoms with van der Waals surface area (Å²) in [4.78, 5) is 25.6. The van der Waals surface area contributed by atoms with Crippen LogP contribution in [0.5, 0.6) is 0 Å². The summed E-state index contributed by atoms with van der Waals surface area (Å²) in [5, 5.41) is 6.45. The minimum absolute atomic E-state index is 0.0669. The van der Waals surface area contributed by atoms with Crippen LogP contribution in [0.3, 0.4) is 0 Å². The van der Waals surface area contributed by atoms with E-state index in [9.17, 15) is 14.0 Å². The topological polar surface area (TPSA) is 71.3 Å². The summed E-state index contributed by atoms with van der Waals surface area (Å²) in [6.45, 7) is 0. The highest BCUT2D eigenvalue weighted by Crippen LogP contribution is 2.36. The highest BCUT2D eigenvalue weighted by atomic mass is 19.1. The first-order valence-electron chi connectivity index (χ1n) is 11.5. The van der Waals surface area contributed by atoms with Crippen molar-refractivity contribution < 1.29 is 18.4 Å². The van der Waals surface area contributed by atoms with Crippen LogP contribution in [0.1, 0.15) is 46.4 Å². The number of halogens is 1. The molecule has 6 heteroatoms. The fraction of sp³-hybridized carbons (Fsp3) is 0.214. The molecule has 0 spiro atoms. The van der Waals surface area contributed by atoms with Crippen molar-refractivity contribution in [2.24, 2.45) is 0 Å². The van der Waals surface area contributed by atoms with Gasteiger partial charge in [0.2, 0.25) is 0 Å². The Morgan fingerprint density at radius 3 is 2.32 bits per heavy atom. The second-order valence-corrected chi connectivity index (χ2v) is 8.64. The summed E-state index contributed by atoms with van der Waals surface area (Å²) in [7, 11) is 1.56. The molecule has 2 amide bonds. The first kappa shape index (κ1) is 21.9. The zero-order valence-corrected chi connectivity index (χ0v) is 18.9. The van der Waals surface area contributed by atoms with E-state index >= 15 is 0 Å². The predicted octanol–water partition coefficient (Wildman–Crippen LogP) is 5.94. The number of hydrogen-bond donors (Lipinski definition) is 2. The third-order valence-corrected chi connectivity index (χ3v) is 6.40. The molecule has 1 aliphatic rings. The number of carbonyl (C=O) groups is 2. The highest BCUT2D eigenvalue weighted by Gasteiger charge is 2.22. The van der Waals surface area contributed by atoms with Crippen LogP contribution in [0, 0.1) is 5.82 Å². The molecule has 4 aromatic rings. The quantitative estimate of drug-likeness (QED) is 0.391. The maximum absolute atomic E-state index is 13.4. The number of carbonyl (C=O) groups excluding carboxylic acids is 2. The molecule has 0 saturated heterocycles. The maximum atomic E-state index is 13.4. The number of amides is 2. The van der Waals surface area contributed by atoms with Crippen molar-refractivity contribution >= 4 is 22.8 Å². The standard InChI is InChI=1S/C28H25FN2O3/c1-30-28(33)25-23-16-19(11-14-24(23)34-26(25)17-9-12-21(29)13-10-17)18-5-4-6-20(15-18)27(32)31-22-7-2-3-8-22/h4-6,9-16,22H,2-3,7-8H2,1H3,(H,30,33)(H,31,32). The highest BCUT2D eigenvalue weighted by molar-refractivity contribution is 6.11. The van der Waals surface area contributed by atoms with Gasteiger partial charge in [0.15, 0.2) is 0 Å². The fourth-order valence-corrected chi connectivity index (χ4v) is 4.61. The second-order valence-electron chi connectivity index (χ2n) is 8.64. The molecule has 34 heavy (non-hydrogen) atoms. The Labute approximate surface area is 197 Å². The SMILES string of the molecule is CNC(=O)c1c(-c2ccc(F)cc2)oc2ccc(-c3cccc(C(=O)NC4CCCC4)c3)cc12. The van der Waals surface area contributed by atoms with E-state index in [1.807, 2.05) is 42.5 Å². The number of hydrogen-bond acceptors (Lipinski definition) is 3. The lowest BCUT2D eigenvalue weighted by atomic mass is 9.99. The Bertz CT molecular complexity index is 1370. The lowest BCUT2D eigenvalue weighted by Crippen LogP contribution is -2.32. The normalized spacial score (nSPS) is 13.8. The van der Waals surface area contributed by atoms with Crippen LogP contribution in [0.15, 0.2) is 71.1 Å². The van der Waals surface area contributed by atoms with Crippen molar-refractivity contribution in [3.8, 4) is 22.5 Å². The van der Waals surface area contributed by atoms with E-state index in [4.69, 9.17) is 4.42 Å². The van der Waals surface area contributed by atoms with Crippen molar-refractivity contribution in [1.29, 1.82) is 0 Å². The number of fused-ring (bicyclic) bond motifs is 1. The van der Waals surface area contributed by atoms with E-state index in [0.717, 1.165) is 36.8 Å². The van der Waals surface area contributed by atoms with Gasteiger partial charge in [0.1, 0.15) is 17.2 Å². The van der Waals surface area contributed by atoms with Crippen LogP contribution in [0.4, 0.5) is 4.39 Å². The van der Waals surface area contributed by atoms with Crippen LogP contribution >= 0.6 is 0 Å². The van der Waals surface area contributed by atoms with Gasteiger partial charge >= 0.3 is 0 Å². The minimum atomic E-state index is -0.361. The number of furan rings is 1. The monoisotopic (exact) mass is 456 g/mol. The minimum Gasteiger partial charge on any atom is -0.455 e. The van der Waals surface area contributed by atoms with Gasteiger partial charge in [-0.2, -0.15) is 0 Å². The van der Waals surface area contributed by atoms with Gasteiger partial charge in [0.05, 0.1) is 5.56 Å². The van der Waals surface area contributed by atoms with Crippen LogP contribution < -0.4 is 10.6 Å². The molecule has 1 heterocycles. The Balaban J connectivity index is 1.54. The van der Waals surface area contributed by atoms with Crippen LogP contribution in [0.25, 0.3) is 33.4 Å². The molecule has 0 bridgehead atoms. The molecule has 1 fully saturated rings. The van der Waals surface area contributed by atoms with Crippen molar-refractivity contribution in [2.75, 3.05) is 7.05 Å². The van der Waals surface area contributed by atoms with Gasteiger partial charge in [-0.05, 0) is 72.5 Å². The van der Waals surface area contributed by atoms with Gasteiger partial charge in [-0.15, -0.1) is 0 Å². The average Bonchev–Trinajstić information content (AvgIpc) is 3.51. The molecule has 0 unspecified atom stereocenters. The van der Waals surface area contributed by atoms with Crippen molar-refractivity contribution in [3.05, 3.63) is 83.7 Å². The first-order chi connectivity index (χ1) is 16.5. The predicted molar refractivity (Wildman–Crippen MR) is 130 cm³/mol. The molecule has 3 aromatic carbocycles. The average molecular weight is 457 g/mol. The van der Waals surface area contributed by atoms with Crippen molar-refractivity contribution in [3.63, 3.8) is 0 Å². The van der Waals surface area contributed by atoms with Gasteiger partial charge in [-0.3, -0.25) is 9.59 Å². The van der Waals surface area contributed by atoms with E-state index in [1.54, 1.807) is 19.2 Å². The Hall–Kier alpha value is -3.93. The summed E-state index contributed by atoms with van der Waals surface area (Å²) in [6.07, 6.45) is 4.37. The third-order valence-electron chi connectivity index (χ3n) is 6.40. The van der Waals surface area contributed by atoms with Gasteiger partial charge in [-0.25, -0.2) is 4.39 Å².